The molecule has 0 aliphatic heterocycles. The van der Waals surface area contributed by atoms with Crippen molar-refractivity contribution in [3.63, 3.8) is 0 Å². The van der Waals surface area contributed by atoms with E-state index in [4.69, 9.17) is 15.2 Å². The summed E-state index contributed by atoms with van der Waals surface area (Å²) < 4.78 is 10.5. The second-order valence-electron chi connectivity index (χ2n) is 7.02. The van der Waals surface area contributed by atoms with E-state index >= 15 is 0 Å². The van der Waals surface area contributed by atoms with E-state index in [-0.39, 0.29) is 17.1 Å². The molecule has 3 aromatic carbocycles. The highest BCUT2D eigenvalue weighted by Crippen LogP contribution is 2.30. The SMILES string of the molecule is NC(=O)c1ccccc1OCC(=O)OCC(=O)c1c(-c2ccccc2)[nH]c2ccccc12. The molecule has 0 aliphatic rings. The number of H-pyrrole nitrogens is 1. The van der Waals surface area contributed by atoms with Crippen LogP contribution in [0.5, 0.6) is 5.75 Å². The molecule has 4 aromatic rings. The van der Waals surface area contributed by atoms with Gasteiger partial charge in [0.1, 0.15) is 5.75 Å². The Morgan fingerprint density at radius 2 is 1.50 bits per heavy atom. The number of Topliss-reactive ketones (excluding diaryl/α,β-unsaturated/α-hetero) is 1. The van der Waals surface area contributed by atoms with Gasteiger partial charge in [-0.2, -0.15) is 0 Å². The second-order valence-corrected chi connectivity index (χ2v) is 7.02. The topological polar surface area (TPSA) is 111 Å². The summed E-state index contributed by atoms with van der Waals surface area (Å²) in [6.45, 7) is -0.904. The highest BCUT2D eigenvalue weighted by molar-refractivity contribution is 6.14. The Hall–Kier alpha value is -4.39. The zero-order valence-electron chi connectivity index (χ0n) is 17.0. The molecule has 4 rings (SSSR count). The number of ether oxygens (including phenoxy) is 2. The monoisotopic (exact) mass is 428 g/mol. The fraction of sp³-hybridized carbons (Fsp3) is 0.0800. The molecular formula is C25H20N2O5. The van der Waals surface area contributed by atoms with Crippen LogP contribution in [-0.2, 0) is 9.53 Å². The van der Waals surface area contributed by atoms with E-state index in [1.807, 2.05) is 54.6 Å². The number of aromatic amines is 1. The number of benzene rings is 3. The second kappa shape index (κ2) is 9.18. The number of fused-ring (bicyclic) bond motifs is 1. The lowest BCUT2D eigenvalue weighted by Crippen LogP contribution is -2.21. The molecule has 0 spiro atoms. The summed E-state index contributed by atoms with van der Waals surface area (Å²) >= 11 is 0. The van der Waals surface area contributed by atoms with Gasteiger partial charge < -0.3 is 20.2 Å². The fourth-order valence-corrected chi connectivity index (χ4v) is 3.45. The van der Waals surface area contributed by atoms with Gasteiger partial charge in [0.25, 0.3) is 5.91 Å². The lowest BCUT2D eigenvalue weighted by molar-refractivity contribution is -0.144. The number of primary amides is 1. The van der Waals surface area contributed by atoms with Crippen LogP contribution in [-0.4, -0.2) is 35.9 Å². The van der Waals surface area contributed by atoms with Crippen LogP contribution in [0.1, 0.15) is 20.7 Å². The van der Waals surface area contributed by atoms with E-state index in [0.717, 1.165) is 16.5 Å². The van der Waals surface area contributed by atoms with Crippen molar-refractivity contribution in [2.45, 2.75) is 0 Å². The highest BCUT2D eigenvalue weighted by atomic mass is 16.6. The molecular weight excluding hydrogens is 408 g/mol. The van der Waals surface area contributed by atoms with Gasteiger partial charge in [-0.15, -0.1) is 0 Å². The average Bonchev–Trinajstić information content (AvgIpc) is 3.21. The van der Waals surface area contributed by atoms with E-state index in [9.17, 15) is 14.4 Å². The molecule has 0 bridgehead atoms. The van der Waals surface area contributed by atoms with Crippen molar-refractivity contribution in [2.24, 2.45) is 5.73 Å². The van der Waals surface area contributed by atoms with Crippen molar-refractivity contribution in [1.29, 1.82) is 0 Å². The van der Waals surface area contributed by atoms with Gasteiger partial charge in [-0.1, -0.05) is 60.7 Å². The Labute approximate surface area is 183 Å². The number of esters is 1. The standard InChI is InChI=1S/C25H20N2O5/c26-25(30)18-11-5-7-13-21(18)31-15-22(29)32-14-20(28)23-17-10-4-6-12-19(17)27-24(23)16-8-2-1-3-9-16/h1-13,27H,14-15H2,(H2,26,30). The third kappa shape index (κ3) is 4.37. The number of carbonyl (C=O) groups excluding carboxylic acids is 3. The molecule has 7 nitrogen and oxygen atoms in total. The molecule has 0 saturated carbocycles. The third-order valence-corrected chi connectivity index (χ3v) is 4.91. The van der Waals surface area contributed by atoms with Crippen molar-refractivity contribution in [3.8, 4) is 17.0 Å². The fourth-order valence-electron chi connectivity index (χ4n) is 3.45. The normalized spacial score (nSPS) is 10.6. The van der Waals surface area contributed by atoms with Gasteiger partial charge in [-0.25, -0.2) is 4.79 Å². The summed E-state index contributed by atoms with van der Waals surface area (Å²) in [6.07, 6.45) is 0. The molecule has 32 heavy (non-hydrogen) atoms. The maximum absolute atomic E-state index is 13.0. The van der Waals surface area contributed by atoms with Crippen LogP contribution in [0, 0.1) is 0 Å². The van der Waals surface area contributed by atoms with Gasteiger partial charge in [0.15, 0.2) is 13.2 Å². The first kappa shape index (κ1) is 20.9. The molecule has 1 heterocycles. The lowest BCUT2D eigenvalue weighted by atomic mass is 10.0. The number of hydrogen-bond acceptors (Lipinski definition) is 5. The summed E-state index contributed by atoms with van der Waals surface area (Å²) in [5, 5.41) is 0.749. The van der Waals surface area contributed by atoms with Gasteiger partial charge in [-0.05, 0) is 23.8 Å². The number of para-hydroxylation sites is 2. The van der Waals surface area contributed by atoms with Crippen molar-refractivity contribution >= 4 is 28.6 Å². The summed E-state index contributed by atoms with van der Waals surface area (Å²) in [5.74, 6) is -1.57. The Morgan fingerprint density at radius 1 is 0.812 bits per heavy atom. The van der Waals surface area contributed by atoms with Crippen LogP contribution >= 0.6 is 0 Å². The van der Waals surface area contributed by atoms with E-state index in [1.54, 1.807) is 12.1 Å². The number of rotatable bonds is 8. The number of hydrogen-bond donors (Lipinski definition) is 2. The van der Waals surface area contributed by atoms with E-state index in [0.29, 0.717) is 11.3 Å². The van der Waals surface area contributed by atoms with Gasteiger partial charge in [0, 0.05) is 10.9 Å². The lowest BCUT2D eigenvalue weighted by Gasteiger charge is -2.09. The zero-order valence-corrected chi connectivity index (χ0v) is 17.0. The highest BCUT2D eigenvalue weighted by Gasteiger charge is 2.21. The molecule has 1 amide bonds. The maximum atomic E-state index is 13.0. The summed E-state index contributed by atoms with van der Waals surface area (Å²) in [4.78, 5) is 39.9. The Bertz CT molecular complexity index is 1290. The number of nitrogens with one attached hydrogen (secondary N) is 1. The minimum absolute atomic E-state index is 0.155. The van der Waals surface area contributed by atoms with E-state index in [2.05, 4.69) is 4.98 Å². The van der Waals surface area contributed by atoms with Crippen LogP contribution in [0.3, 0.4) is 0 Å². The van der Waals surface area contributed by atoms with Crippen molar-refractivity contribution in [1.82, 2.24) is 4.98 Å². The Kier molecular flexibility index (Phi) is 5.98. The first-order valence-corrected chi connectivity index (χ1v) is 9.91. The van der Waals surface area contributed by atoms with Crippen LogP contribution in [0.4, 0.5) is 0 Å². The van der Waals surface area contributed by atoms with Crippen molar-refractivity contribution < 1.29 is 23.9 Å². The molecule has 0 atom stereocenters. The summed E-state index contributed by atoms with van der Waals surface area (Å²) in [6, 6.07) is 23.2. The molecule has 0 radical (unpaired) electrons. The molecule has 1 aromatic heterocycles. The van der Waals surface area contributed by atoms with E-state index < -0.39 is 25.1 Å². The minimum atomic E-state index is -0.737. The van der Waals surface area contributed by atoms with Gasteiger partial charge >= 0.3 is 5.97 Å². The Balaban J connectivity index is 1.48. The maximum Gasteiger partial charge on any atom is 0.344 e. The first-order valence-electron chi connectivity index (χ1n) is 9.91. The number of amides is 1. The molecule has 3 N–H and O–H groups in total. The van der Waals surface area contributed by atoms with Crippen molar-refractivity contribution in [2.75, 3.05) is 13.2 Å². The van der Waals surface area contributed by atoms with Crippen LogP contribution in [0.15, 0.2) is 78.9 Å². The molecule has 7 heteroatoms. The smallest absolute Gasteiger partial charge is 0.344 e. The molecule has 160 valence electrons. The van der Waals surface area contributed by atoms with Crippen LogP contribution in [0.25, 0.3) is 22.2 Å². The Morgan fingerprint density at radius 3 is 2.28 bits per heavy atom. The van der Waals surface area contributed by atoms with Gasteiger partial charge in [0.05, 0.1) is 16.8 Å². The average molecular weight is 428 g/mol. The molecule has 0 aliphatic carbocycles. The van der Waals surface area contributed by atoms with Gasteiger partial charge in [-0.3, -0.25) is 9.59 Å². The zero-order chi connectivity index (χ0) is 22.5. The number of carbonyl (C=O) groups is 3. The predicted octanol–water partition coefficient (Wildman–Crippen LogP) is 3.74. The summed E-state index contributed by atoms with van der Waals surface area (Å²) in [7, 11) is 0. The molecule has 0 unspecified atom stereocenters. The largest absolute Gasteiger partial charge is 0.481 e. The number of nitrogens with two attached hydrogens (primary N) is 1. The van der Waals surface area contributed by atoms with Gasteiger partial charge in [0.2, 0.25) is 5.78 Å². The first-order chi connectivity index (χ1) is 15.5. The molecule has 0 fully saturated rings. The van der Waals surface area contributed by atoms with Crippen LogP contribution in [0.2, 0.25) is 0 Å². The minimum Gasteiger partial charge on any atom is -0.481 e. The van der Waals surface area contributed by atoms with Crippen molar-refractivity contribution in [3.05, 3.63) is 90.0 Å². The van der Waals surface area contributed by atoms with E-state index in [1.165, 1.54) is 12.1 Å². The predicted molar refractivity (Wildman–Crippen MR) is 119 cm³/mol. The third-order valence-electron chi connectivity index (χ3n) is 4.91. The number of aromatic nitrogens is 1. The number of ketones is 1. The van der Waals surface area contributed by atoms with Crippen LogP contribution < -0.4 is 10.5 Å². The molecule has 0 saturated heterocycles. The summed E-state index contributed by atoms with van der Waals surface area (Å²) in [5.41, 5.74) is 8.24. The quantitative estimate of drug-likeness (QED) is 0.328.